The molecule has 0 amide bonds. The summed E-state index contributed by atoms with van der Waals surface area (Å²) in [5, 5.41) is 3.96. The summed E-state index contributed by atoms with van der Waals surface area (Å²) in [5.41, 5.74) is 2.00. The third kappa shape index (κ3) is 2.99. The number of ether oxygens (including phenoxy) is 1. The van der Waals surface area contributed by atoms with Gasteiger partial charge in [0.15, 0.2) is 0 Å². The van der Waals surface area contributed by atoms with Crippen LogP contribution in [0.15, 0.2) is 34.9 Å². The van der Waals surface area contributed by atoms with Crippen LogP contribution in [-0.4, -0.2) is 6.61 Å². The zero-order valence-electron chi connectivity index (χ0n) is 10.5. The SMILES string of the molecule is CCOc1ccc(Cl)cc1NCc1occc1C. The molecule has 0 aliphatic heterocycles. The van der Waals surface area contributed by atoms with Crippen LogP contribution in [-0.2, 0) is 6.54 Å². The molecule has 0 aliphatic carbocycles. The Morgan fingerprint density at radius 1 is 1.33 bits per heavy atom. The van der Waals surface area contributed by atoms with Crippen molar-refractivity contribution in [3.8, 4) is 5.75 Å². The van der Waals surface area contributed by atoms with E-state index in [4.69, 9.17) is 20.8 Å². The molecule has 0 bridgehead atoms. The zero-order chi connectivity index (χ0) is 13.0. The lowest BCUT2D eigenvalue weighted by Gasteiger charge is -2.12. The predicted octanol–water partition coefficient (Wildman–Crippen LogP) is 4.25. The van der Waals surface area contributed by atoms with Crippen molar-refractivity contribution < 1.29 is 9.15 Å². The van der Waals surface area contributed by atoms with E-state index in [0.717, 1.165) is 22.8 Å². The molecule has 1 N–H and O–H groups in total. The Morgan fingerprint density at radius 3 is 2.83 bits per heavy atom. The Hall–Kier alpha value is -1.61. The normalized spacial score (nSPS) is 10.4. The molecule has 0 fully saturated rings. The van der Waals surface area contributed by atoms with Gasteiger partial charge in [-0.25, -0.2) is 0 Å². The standard InChI is InChI=1S/C14H16ClNO2/c1-3-17-13-5-4-11(15)8-12(13)16-9-14-10(2)6-7-18-14/h4-8,16H,3,9H2,1-2H3. The van der Waals surface area contributed by atoms with Gasteiger partial charge in [0.25, 0.3) is 0 Å². The van der Waals surface area contributed by atoms with E-state index in [2.05, 4.69) is 5.32 Å². The van der Waals surface area contributed by atoms with Crippen molar-refractivity contribution >= 4 is 17.3 Å². The predicted molar refractivity (Wildman–Crippen MR) is 73.4 cm³/mol. The van der Waals surface area contributed by atoms with Crippen molar-refractivity contribution in [1.29, 1.82) is 0 Å². The van der Waals surface area contributed by atoms with Crippen molar-refractivity contribution in [2.45, 2.75) is 20.4 Å². The number of anilines is 1. The molecule has 3 nitrogen and oxygen atoms in total. The van der Waals surface area contributed by atoms with E-state index in [0.29, 0.717) is 18.2 Å². The summed E-state index contributed by atoms with van der Waals surface area (Å²) in [7, 11) is 0. The Labute approximate surface area is 112 Å². The van der Waals surface area contributed by atoms with Gasteiger partial charge in [0, 0.05) is 5.02 Å². The van der Waals surface area contributed by atoms with Gasteiger partial charge in [-0.3, -0.25) is 0 Å². The van der Waals surface area contributed by atoms with Gasteiger partial charge in [-0.1, -0.05) is 11.6 Å². The summed E-state index contributed by atoms with van der Waals surface area (Å²) >= 11 is 5.99. The van der Waals surface area contributed by atoms with Gasteiger partial charge >= 0.3 is 0 Å². The number of furan rings is 1. The first-order chi connectivity index (χ1) is 8.70. The number of halogens is 1. The fourth-order valence-electron chi connectivity index (χ4n) is 1.68. The minimum absolute atomic E-state index is 0.610. The first-order valence-corrected chi connectivity index (χ1v) is 6.27. The first kappa shape index (κ1) is 12.8. The van der Waals surface area contributed by atoms with Crippen molar-refractivity contribution in [3.05, 3.63) is 46.9 Å². The van der Waals surface area contributed by atoms with E-state index >= 15 is 0 Å². The third-order valence-corrected chi connectivity index (χ3v) is 2.88. The van der Waals surface area contributed by atoms with Gasteiger partial charge in [0.2, 0.25) is 0 Å². The van der Waals surface area contributed by atoms with Crippen LogP contribution in [0.3, 0.4) is 0 Å². The van der Waals surface area contributed by atoms with Gasteiger partial charge in [-0.2, -0.15) is 0 Å². The summed E-state index contributed by atoms with van der Waals surface area (Å²) in [5.74, 6) is 1.71. The molecule has 4 heteroatoms. The molecule has 1 heterocycles. The molecular weight excluding hydrogens is 250 g/mol. The van der Waals surface area contributed by atoms with Crippen LogP contribution in [0.2, 0.25) is 5.02 Å². The fraction of sp³-hybridized carbons (Fsp3) is 0.286. The van der Waals surface area contributed by atoms with Crippen LogP contribution < -0.4 is 10.1 Å². The Bertz CT molecular complexity index is 522. The summed E-state index contributed by atoms with van der Waals surface area (Å²) in [4.78, 5) is 0. The molecule has 0 aliphatic rings. The van der Waals surface area contributed by atoms with E-state index in [-0.39, 0.29) is 0 Å². The molecule has 0 atom stereocenters. The van der Waals surface area contributed by atoms with Gasteiger partial charge in [-0.15, -0.1) is 0 Å². The maximum Gasteiger partial charge on any atom is 0.142 e. The van der Waals surface area contributed by atoms with Crippen molar-refractivity contribution in [2.24, 2.45) is 0 Å². The lowest BCUT2D eigenvalue weighted by molar-refractivity contribution is 0.341. The number of benzene rings is 1. The van der Waals surface area contributed by atoms with E-state index in [1.807, 2.05) is 38.1 Å². The van der Waals surface area contributed by atoms with E-state index in [1.165, 1.54) is 0 Å². The summed E-state index contributed by atoms with van der Waals surface area (Å²) in [6.45, 7) is 5.20. The minimum atomic E-state index is 0.610. The highest BCUT2D eigenvalue weighted by atomic mass is 35.5. The Morgan fingerprint density at radius 2 is 2.17 bits per heavy atom. The fourth-order valence-corrected chi connectivity index (χ4v) is 1.85. The Balaban J connectivity index is 2.12. The van der Waals surface area contributed by atoms with Gasteiger partial charge in [0.1, 0.15) is 11.5 Å². The number of hydrogen-bond donors (Lipinski definition) is 1. The monoisotopic (exact) mass is 265 g/mol. The molecule has 0 spiro atoms. The van der Waals surface area contributed by atoms with Gasteiger partial charge < -0.3 is 14.5 Å². The van der Waals surface area contributed by atoms with E-state index in [9.17, 15) is 0 Å². The topological polar surface area (TPSA) is 34.4 Å². The summed E-state index contributed by atoms with van der Waals surface area (Å²) in [6.07, 6.45) is 1.69. The largest absolute Gasteiger partial charge is 0.492 e. The Kier molecular flexibility index (Phi) is 4.15. The highest BCUT2D eigenvalue weighted by Crippen LogP contribution is 2.28. The second-order valence-electron chi connectivity index (χ2n) is 3.95. The average Bonchev–Trinajstić information content (AvgIpc) is 2.75. The highest BCUT2D eigenvalue weighted by molar-refractivity contribution is 6.30. The van der Waals surface area contributed by atoms with Crippen LogP contribution in [0.1, 0.15) is 18.2 Å². The molecule has 1 aromatic carbocycles. The molecule has 18 heavy (non-hydrogen) atoms. The number of hydrogen-bond acceptors (Lipinski definition) is 3. The highest BCUT2D eigenvalue weighted by Gasteiger charge is 2.06. The third-order valence-electron chi connectivity index (χ3n) is 2.65. The lowest BCUT2D eigenvalue weighted by atomic mass is 10.2. The summed E-state index contributed by atoms with van der Waals surface area (Å²) in [6, 6.07) is 7.47. The maximum absolute atomic E-state index is 5.99. The minimum Gasteiger partial charge on any atom is -0.492 e. The molecule has 0 radical (unpaired) electrons. The molecule has 1 aromatic heterocycles. The van der Waals surface area contributed by atoms with Crippen molar-refractivity contribution in [2.75, 3.05) is 11.9 Å². The van der Waals surface area contributed by atoms with Crippen LogP contribution in [0.4, 0.5) is 5.69 Å². The van der Waals surface area contributed by atoms with E-state index < -0.39 is 0 Å². The van der Waals surface area contributed by atoms with E-state index in [1.54, 1.807) is 6.26 Å². The second kappa shape index (κ2) is 5.83. The van der Waals surface area contributed by atoms with Crippen molar-refractivity contribution in [3.63, 3.8) is 0 Å². The molecule has 0 saturated carbocycles. The molecule has 2 rings (SSSR count). The van der Waals surface area contributed by atoms with Crippen molar-refractivity contribution in [1.82, 2.24) is 0 Å². The number of nitrogens with one attached hydrogen (secondary N) is 1. The lowest BCUT2D eigenvalue weighted by Crippen LogP contribution is -2.03. The van der Waals surface area contributed by atoms with Crippen LogP contribution >= 0.6 is 11.6 Å². The molecule has 0 unspecified atom stereocenters. The number of rotatable bonds is 5. The van der Waals surface area contributed by atoms with Gasteiger partial charge in [0.05, 0.1) is 25.1 Å². The second-order valence-corrected chi connectivity index (χ2v) is 4.39. The first-order valence-electron chi connectivity index (χ1n) is 5.90. The van der Waals surface area contributed by atoms with Crippen LogP contribution in [0, 0.1) is 6.92 Å². The quantitative estimate of drug-likeness (QED) is 0.877. The number of aryl methyl sites for hydroxylation is 1. The van der Waals surface area contributed by atoms with Crippen LogP contribution in [0.25, 0.3) is 0 Å². The van der Waals surface area contributed by atoms with Gasteiger partial charge in [-0.05, 0) is 43.7 Å². The summed E-state index contributed by atoms with van der Waals surface area (Å²) < 4.78 is 10.9. The average molecular weight is 266 g/mol. The molecular formula is C14H16ClNO2. The molecule has 2 aromatic rings. The van der Waals surface area contributed by atoms with Crippen LogP contribution in [0.5, 0.6) is 5.75 Å². The maximum atomic E-state index is 5.99. The molecule has 0 saturated heterocycles. The molecule has 96 valence electrons. The zero-order valence-corrected chi connectivity index (χ0v) is 11.3. The smallest absolute Gasteiger partial charge is 0.142 e.